The van der Waals surface area contributed by atoms with Gasteiger partial charge >= 0.3 is 0 Å². The Labute approximate surface area is 131 Å². The fourth-order valence-electron chi connectivity index (χ4n) is 3.26. The lowest BCUT2D eigenvalue weighted by molar-refractivity contribution is -0.131. The minimum Gasteiger partial charge on any atom is -0.337 e. The zero-order valence-electron chi connectivity index (χ0n) is 13.5. The molecule has 1 unspecified atom stereocenters. The molecular formula is C18H23N3O. The molecule has 2 heterocycles. The summed E-state index contributed by atoms with van der Waals surface area (Å²) in [6, 6.07) is 8.12. The van der Waals surface area contributed by atoms with Crippen molar-refractivity contribution in [3.63, 3.8) is 0 Å². The van der Waals surface area contributed by atoms with E-state index in [9.17, 15) is 4.79 Å². The number of aromatic nitrogens is 2. The van der Waals surface area contributed by atoms with E-state index in [1.807, 2.05) is 29.2 Å². The third kappa shape index (κ3) is 2.43. The van der Waals surface area contributed by atoms with Crippen LogP contribution in [0.3, 0.4) is 0 Å². The van der Waals surface area contributed by atoms with Crippen molar-refractivity contribution >= 4 is 16.9 Å². The minimum atomic E-state index is -0.138. The number of imidazole rings is 1. The van der Waals surface area contributed by atoms with E-state index < -0.39 is 0 Å². The number of nitrogens with zero attached hydrogens (tertiary/aromatic N) is 3. The van der Waals surface area contributed by atoms with Gasteiger partial charge in [0, 0.05) is 31.0 Å². The van der Waals surface area contributed by atoms with Crippen molar-refractivity contribution < 1.29 is 4.79 Å². The van der Waals surface area contributed by atoms with Crippen LogP contribution in [0.15, 0.2) is 36.9 Å². The summed E-state index contributed by atoms with van der Waals surface area (Å²) < 4.78 is 2.19. The number of rotatable bonds is 3. The van der Waals surface area contributed by atoms with Gasteiger partial charge in [0.25, 0.3) is 0 Å². The maximum atomic E-state index is 12.4. The van der Waals surface area contributed by atoms with Crippen LogP contribution >= 0.6 is 0 Å². The van der Waals surface area contributed by atoms with Gasteiger partial charge < -0.3 is 9.47 Å². The molecule has 3 rings (SSSR count). The Kier molecular flexibility index (Phi) is 3.55. The second-order valence-electron chi connectivity index (χ2n) is 6.93. The van der Waals surface area contributed by atoms with E-state index in [0.717, 1.165) is 29.9 Å². The average molecular weight is 297 g/mol. The van der Waals surface area contributed by atoms with E-state index in [4.69, 9.17) is 4.98 Å². The van der Waals surface area contributed by atoms with Crippen molar-refractivity contribution in [3.05, 3.63) is 42.7 Å². The van der Waals surface area contributed by atoms with Gasteiger partial charge in [-0.3, -0.25) is 4.79 Å². The topological polar surface area (TPSA) is 38.1 Å². The van der Waals surface area contributed by atoms with Crippen LogP contribution in [0, 0.1) is 0 Å². The maximum absolute atomic E-state index is 12.4. The molecule has 1 aromatic heterocycles. The number of benzene rings is 1. The summed E-state index contributed by atoms with van der Waals surface area (Å²) in [5.41, 5.74) is 1.96. The van der Waals surface area contributed by atoms with Crippen molar-refractivity contribution in [1.82, 2.24) is 14.5 Å². The van der Waals surface area contributed by atoms with Gasteiger partial charge in [-0.25, -0.2) is 4.98 Å². The molecule has 0 bridgehead atoms. The Balaban J connectivity index is 2.02. The summed E-state index contributed by atoms with van der Waals surface area (Å²) in [5.74, 6) is 1.37. The number of amides is 1. The number of likely N-dealkylation sites (tertiary alicyclic amines) is 1. The zero-order valence-corrected chi connectivity index (χ0v) is 13.5. The van der Waals surface area contributed by atoms with Gasteiger partial charge in [-0.1, -0.05) is 18.2 Å². The van der Waals surface area contributed by atoms with E-state index in [1.54, 1.807) is 0 Å². The minimum absolute atomic E-state index is 0.138. The van der Waals surface area contributed by atoms with Gasteiger partial charge in [-0.05, 0) is 32.9 Å². The summed E-state index contributed by atoms with van der Waals surface area (Å²) in [7, 11) is 0. The third-order valence-electron chi connectivity index (χ3n) is 4.30. The van der Waals surface area contributed by atoms with Gasteiger partial charge in [0.15, 0.2) is 0 Å². The molecule has 22 heavy (non-hydrogen) atoms. The molecule has 0 radical (unpaired) electrons. The van der Waals surface area contributed by atoms with Gasteiger partial charge in [-0.2, -0.15) is 0 Å². The van der Waals surface area contributed by atoms with E-state index in [2.05, 4.69) is 38.0 Å². The molecule has 0 spiro atoms. The fourth-order valence-corrected chi connectivity index (χ4v) is 3.26. The van der Waals surface area contributed by atoms with E-state index in [0.29, 0.717) is 6.42 Å². The summed E-state index contributed by atoms with van der Waals surface area (Å²) in [4.78, 5) is 19.1. The molecule has 1 amide bonds. The molecule has 1 atom stereocenters. The van der Waals surface area contributed by atoms with Gasteiger partial charge in [-0.15, -0.1) is 6.58 Å². The standard InChI is InChI=1S/C18H23N3O/c1-5-10-20-15-9-7-6-8-14(15)19-17(20)13-11-16(22)21(12-13)18(2,3)4/h5-9,13H,1,10-12H2,2-4H3. The molecule has 2 aromatic rings. The number of allylic oxidation sites excluding steroid dienone is 1. The molecule has 1 aliphatic rings. The number of fused-ring (bicyclic) bond motifs is 1. The van der Waals surface area contributed by atoms with Crippen LogP contribution in [0.5, 0.6) is 0 Å². The molecule has 4 nitrogen and oxygen atoms in total. The number of hydrogen-bond donors (Lipinski definition) is 0. The fraction of sp³-hybridized carbons (Fsp3) is 0.444. The van der Waals surface area contributed by atoms with Gasteiger partial charge in [0.05, 0.1) is 11.0 Å². The number of hydrogen-bond acceptors (Lipinski definition) is 2. The molecular weight excluding hydrogens is 274 g/mol. The lowest BCUT2D eigenvalue weighted by atomic mass is 10.1. The average Bonchev–Trinajstić information content (AvgIpc) is 3.00. The molecule has 0 aliphatic carbocycles. The Morgan fingerprint density at radius 2 is 2.09 bits per heavy atom. The van der Waals surface area contributed by atoms with Gasteiger partial charge in [0.2, 0.25) is 5.91 Å². The molecule has 4 heteroatoms. The molecule has 1 fully saturated rings. The Hall–Kier alpha value is -2.10. The molecule has 0 saturated carbocycles. The van der Waals surface area contributed by atoms with E-state index in [-0.39, 0.29) is 17.4 Å². The van der Waals surface area contributed by atoms with Crippen LogP contribution < -0.4 is 0 Å². The highest BCUT2D eigenvalue weighted by Crippen LogP contribution is 2.33. The van der Waals surface area contributed by atoms with Crippen molar-refractivity contribution in [2.24, 2.45) is 0 Å². The monoisotopic (exact) mass is 297 g/mol. The second-order valence-corrected chi connectivity index (χ2v) is 6.93. The van der Waals surface area contributed by atoms with Crippen molar-refractivity contribution in [1.29, 1.82) is 0 Å². The van der Waals surface area contributed by atoms with Crippen LogP contribution in [-0.4, -0.2) is 32.4 Å². The first-order chi connectivity index (χ1) is 10.4. The van der Waals surface area contributed by atoms with Crippen LogP contribution in [0.4, 0.5) is 0 Å². The van der Waals surface area contributed by atoms with Crippen molar-refractivity contribution in [3.8, 4) is 0 Å². The van der Waals surface area contributed by atoms with Crippen LogP contribution in [0.1, 0.15) is 38.9 Å². The van der Waals surface area contributed by atoms with Crippen molar-refractivity contribution in [2.75, 3.05) is 6.54 Å². The lowest BCUT2D eigenvalue weighted by Crippen LogP contribution is -2.42. The Bertz CT molecular complexity index is 723. The quantitative estimate of drug-likeness (QED) is 0.815. The largest absolute Gasteiger partial charge is 0.337 e. The maximum Gasteiger partial charge on any atom is 0.223 e. The van der Waals surface area contributed by atoms with Crippen molar-refractivity contribution in [2.45, 2.75) is 45.2 Å². The first-order valence-electron chi connectivity index (χ1n) is 7.78. The highest BCUT2D eigenvalue weighted by molar-refractivity contribution is 5.81. The predicted octanol–water partition coefficient (Wildman–Crippen LogP) is 3.34. The van der Waals surface area contributed by atoms with Crippen LogP contribution in [0.2, 0.25) is 0 Å². The zero-order chi connectivity index (χ0) is 15.9. The van der Waals surface area contributed by atoms with Gasteiger partial charge in [0.1, 0.15) is 5.82 Å². The molecule has 1 saturated heterocycles. The summed E-state index contributed by atoms with van der Waals surface area (Å²) in [6.07, 6.45) is 2.42. The summed E-state index contributed by atoms with van der Waals surface area (Å²) in [6.45, 7) is 11.6. The normalized spacial score (nSPS) is 19.1. The molecule has 1 aromatic carbocycles. The number of carbonyl (C=O) groups is 1. The van der Waals surface area contributed by atoms with Crippen LogP contribution in [-0.2, 0) is 11.3 Å². The summed E-state index contributed by atoms with van der Waals surface area (Å²) >= 11 is 0. The second kappa shape index (κ2) is 5.27. The first kappa shape index (κ1) is 14.8. The number of para-hydroxylation sites is 2. The Morgan fingerprint density at radius 3 is 2.73 bits per heavy atom. The molecule has 1 aliphatic heterocycles. The highest BCUT2D eigenvalue weighted by Gasteiger charge is 2.38. The molecule has 116 valence electrons. The predicted molar refractivity (Wildman–Crippen MR) is 88.8 cm³/mol. The third-order valence-corrected chi connectivity index (χ3v) is 4.30. The summed E-state index contributed by atoms with van der Waals surface area (Å²) in [5, 5.41) is 0. The molecule has 0 N–H and O–H groups in total. The lowest BCUT2D eigenvalue weighted by Gasteiger charge is -2.32. The van der Waals surface area contributed by atoms with Crippen LogP contribution in [0.25, 0.3) is 11.0 Å². The first-order valence-corrected chi connectivity index (χ1v) is 7.78. The smallest absolute Gasteiger partial charge is 0.223 e. The Morgan fingerprint density at radius 1 is 1.36 bits per heavy atom. The van der Waals surface area contributed by atoms with E-state index >= 15 is 0 Å². The SMILES string of the molecule is C=CCn1c(C2CC(=O)N(C(C)(C)C)C2)nc2ccccc21. The van der Waals surface area contributed by atoms with E-state index in [1.165, 1.54) is 0 Å². The number of carbonyl (C=O) groups excluding carboxylic acids is 1. The highest BCUT2D eigenvalue weighted by atomic mass is 16.2.